The van der Waals surface area contributed by atoms with Crippen LogP contribution in [-0.2, 0) is 4.79 Å². The highest BCUT2D eigenvalue weighted by atomic mass is 16.2. The zero-order valence-corrected chi connectivity index (χ0v) is 13.6. The van der Waals surface area contributed by atoms with E-state index in [2.05, 4.69) is 37.4 Å². The monoisotopic (exact) mass is 288 g/mol. The molecule has 0 saturated heterocycles. The number of hydrogen-bond donors (Lipinski definition) is 1. The Kier molecular flexibility index (Phi) is 5.80. The number of anilines is 1. The van der Waals surface area contributed by atoms with E-state index >= 15 is 0 Å². The van der Waals surface area contributed by atoms with Gasteiger partial charge in [0.25, 0.3) is 0 Å². The van der Waals surface area contributed by atoms with E-state index in [0.29, 0.717) is 6.04 Å². The molecule has 116 valence electrons. The van der Waals surface area contributed by atoms with Crippen LogP contribution in [-0.4, -0.2) is 19.0 Å². The van der Waals surface area contributed by atoms with Crippen molar-refractivity contribution in [2.75, 3.05) is 18.0 Å². The first kappa shape index (κ1) is 16.0. The Balaban J connectivity index is 2.30. The van der Waals surface area contributed by atoms with Gasteiger partial charge < -0.3 is 10.2 Å². The van der Waals surface area contributed by atoms with Crippen molar-refractivity contribution in [3.63, 3.8) is 0 Å². The molecule has 0 spiro atoms. The summed E-state index contributed by atoms with van der Waals surface area (Å²) in [5.74, 6) is 0.360. The number of fused-ring (bicyclic) bond motifs is 1. The first-order valence-corrected chi connectivity index (χ1v) is 8.32. The van der Waals surface area contributed by atoms with Crippen molar-refractivity contribution in [1.29, 1.82) is 0 Å². The van der Waals surface area contributed by atoms with E-state index in [9.17, 15) is 4.79 Å². The zero-order chi connectivity index (χ0) is 15.2. The molecule has 3 heteroatoms. The molecule has 1 aromatic carbocycles. The number of nitrogens with zero attached hydrogens (tertiary/aromatic N) is 1. The second kappa shape index (κ2) is 7.60. The van der Waals surface area contributed by atoms with E-state index in [-0.39, 0.29) is 11.8 Å². The number of hydrogen-bond acceptors (Lipinski definition) is 2. The van der Waals surface area contributed by atoms with Crippen LogP contribution < -0.4 is 10.2 Å². The first-order chi connectivity index (χ1) is 10.2. The van der Waals surface area contributed by atoms with Crippen molar-refractivity contribution in [2.24, 2.45) is 5.92 Å². The number of carbonyl (C=O) groups excluding carboxylic acids is 1. The number of amides is 1. The van der Waals surface area contributed by atoms with E-state index < -0.39 is 0 Å². The van der Waals surface area contributed by atoms with Gasteiger partial charge in [0.1, 0.15) is 0 Å². The van der Waals surface area contributed by atoms with Crippen molar-refractivity contribution in [3.8, 4) is 0 Å². The molecule has 1 aliphatic rings. The second-order valence-corrected chi connectivity index (χ2v) is 6.01. The van der Waals surface area contributed by atoms with Gasteiger partial charge in [0, 0.05) is 24.2 Å². The quantitative estimate of drug-likeness (QED) is 0.891. The maximum Gasteiger partial charge on any atom is 0.229 e. The summed E-state index contributed by atoms with van der Waals surface area (Å²) in [5.41, 5.74) is 2.38. The van der Waals surface area contributed by atoms with Crippen LogP contribution in [0.4, 0.5) is 5.69 Å². The number of rotatable bonds is 5. The standard InChI is InChI=1S/C18H28N2O/c1-4-12-19-16-10-8-13-20(18(21)14(3)5-2)17-11-7-6-9-15(16)17/h6-7,9,11,14,16,19H,4-5,8,10,12-13H2,1-3H3. The Morgan fingerprint density at radius 3 is 2.86 bits per heavy atom. The van der Waals surface area contributed by atoms with Gasteiger partial charge in [0.05, 0.1) is 0 Å². The Labute approximate surface area is 128 Å². The van der Waals surface area contributed by atoms with Gasteiger partial charge in [0.15, 0.2) is 0 Å². The third-order valence-corrected chi connectivity index (χ3v) is 4.42. The fraction of sp³-hybridized carbons (Fsp3) is 0.611. The van der Waals surface area contributed by atoms with Gasteiger partial charge >= 0.3 is 0 Å². The van der Waals surface area contributed by atoms with Crippen molar-refractivity contribution >= 4 is 11.6 Å². The minimum atomic E-state index is 0.0956. The van der Waals surface area contributed by atoms with Crippen LogP contribution in [0.5, 0.6) is 0 Å². The lowest BCUT2D eigenvalue weighted by Crippen LogP contribution is -2.35. The molecule has 2 atom stereocenters. The predicted octanol–water partition coefficient (Wildman–Crippen LogP) is 3.90. The summed E-state index contributed by atoms with van der Waals surface area (Å²) in [4.78, 5) is 14.7. The molecule has 1 aromatic rings. The molecule has 1 aliphatic heterocycles. The smallest absolute Gasteiger partial charge is 0.229 e. The van der Waals surface area contributed by atoms with Gasteiger partial charge in [-0.1, -0.05) is 39.0 Å². The lowest BCUT2D eigenvalue weighted by atomic mass is 10.0. The molecule has 0 radical (unpaired) electrons. The fourth-order valence-corrected chi connectivity index (χ4v) is 2.96. The SMILES string of the molecule is CCCNC1CCCN(C(=O)C(C)CC)c2ccccc21. The topological polar surface area (TPSA) is 32.3 Å². The van der Waals surface area contributed by atoms with E-state index in [0.717, 1.165) is 44.5 Å². The lowest BCUT2D eigenvalue weighted by Gasteiger charge is -2.26. The first-order valence-electron chi connectivity index (χ1n) is 8.32. The van der Waals surface area contributed by atoms with E-state index in [1.165, 1.54) is 5.56 Å². The minimum absolute atomic E-state index is 0.0956. The van der Waals surface area contributed by atoms with Crippen molar-refractivity contribution in [2.45, 2.75) is 52.5 Å². The van der Waals surface area contributed by atoms with Crippen LogP contribution >= 0.6 is 0 Å². The highest BCUT2D eigenvalue weighted by Crippen LogP contribution is 2.33. The summed E-state index contributed by atoms with van der Waals surface area (Å²) in [6, 6.07) is 8.76. The molecule has 0 saturated carbocycles. The van der Waals surface area contributed by atoms with Crippen LogP contribution in [0.1, 0.15) is 58.1 Å². The van der Waals surface area contributed by atoms with E-state index in [1.54, 1.807) is 0 Å². The maximum atomic E-state index is 12.7. The van der Waals surface area contributed by atoms with Crippen LogP contribution in [0.2, 0.25) is 0 Å². The third-order valence-electron chi connectivity index (χ3n) is 4.42. The summed E-state index contributed by atoms with van der Waals surface area (Å²) in [7, 11) is 0. The number of carbonyl (C=O) groups is 1. The molecule has 2 rings (SSSR count). The van der Waals surface area contributed by atoms with Crippen LogP contribution in [0, 0.1) is 5.92 Å². The fourth-order valence-electron chi connectivity index (χ4n) is 2.96. The summed E-state index contributed by atoms with van der Waals surface area (Å²) in [6.45, 7) is 8.16. The molecule has 0 bridgehead atoms. The maximum absolute atomic E-state index is 12.7. The van der Waals surface area contributed by atoms with Gasteiger partial charge in [-0.05, 0) is 43.9 Å². The third kappa shape index (κ3) is 3.65. The van der Waals surface area contributed by atoms with Gasteiger partial charge in [-0.3, -0.25) is 4.79 Å². The molecule has 1 amide bonds. The molecule has 2 unspecified atom stereocenters. The van der Waals surface area contributed by atoms with Gasteiger partial charge in [-0.15, -0.1) is 0 Å². The van der Waals surface area contributed by atoms with Gasteiger partial charge in [-0.2, -0.15) is 0 Å². The number of para-hydroxylation sites is 1. The van der Waals surface area contributed by atoms with E-state index in [4.69, 9.17) is 0 Å². The molecule has 1 N–H and O–H groups in total. The summed E-state index contributed by atoms with van der Waals surface area (Å²) in [6.07, 6.45) is 4.18. The molecular formula is C18H28N2O. The Morgan fingerprint density at radius 1 is 1.38 bits per heavy atom. The molecular weight excluding hydrogens is 260 g/mol. The number of nitrogens with one attached hydrogen (secondary N) is 1. The average molecular weight is 288 g/mol. The van der Waals surface area contributed by atoms with Crippen molar-refractivity contribution in [1.82, 2.24) is 5.32 Å². The Bertz CT molecular complexity index is 472. The molecule has 21 heavy (non-hydrogen) atoms. The summed E-state index contributed by atoms with van der Waals surface area (Å²) in [5, 5.41) is 3.63. The second-order valence-electron chi connectivity index (χ2n) is 6.01. The van der Waals surface area contributed by atoms with Gasteiger partial charge in [0.2, 0.25) is 5.91 Å². The van der Waals surface area contributed by atoms with E-state index in [1.807, 2.05) is 17.9 Å². The summed E-state index contributed by atoms with van der Waals surface area (Å²) >= 11 is 0. The lowest BCUT2D eigenvalue weighted by molar-refractivity contribution is -0.122. The normalized spacial score (nSPS) is 19.8. The molecule has 3 nitrogen and oxygen atoms in total. The molecule has 1 heterocycles. The van der Waals surface area contributed by atoms with Crippen LogP contribution in [0.25, 0.3) is 0 Å². The van der Waals surface area contributed by atoms with Crippen molar-refractivity contribution < 1.29 is 4.79 Å². The zero-order valence-electron chi connectivity index (χ0n) is 13.6. The highest BCUT2D eigenvalue weighted by Gasteiger charge is 2.27. The van der Waals surface area contributed by atoms with Crippen LogP contribution in [0.3, 0.4) is 0 Å². The van der Waals surface area contributed by atoms with Gasteiger partial charge in [-0.25, -0.2) is 0 Å². The molecule has 0 aliphatic carbocycles. The average Bonchev–Trinajstić information content (AvgIpc) is 2.71. The molecule has 0 aromatic heterocycles. The van der Waals surface area contributed by atoms with Crippen LogP contribution in [0.15, 0.2) is 24.3 Å². The predicted molar refractivity (Wildman–Crippen MR) is 88.5 cm³/mol. The Morgan fingerprint density at radius 2 is 2.14 bits per heavy atom. The van der Waals surface area contributed by atoms with Crippen molar-refractivity contribution in [3.05, 3.63) is 29.8 Å². The highest BCUT2D eigenvalue weighted by molar-refractivity contribution is 5.95. The minimum Gasteiger partial charge on any atom is -0.312 e. The summed E-state index contributed by atoms with van der Waals surface area (Å²) < 4.78 is 0. The largest absolute Gasteiger partial charge is 0.312 e. The Hall–Kier alpha value is -1.35. The molecule has 0 fully saturated rings. The number of benzene rings is 1.